The molecular formula is C12H17F2NO4. The first-order valence-corrected chi connectivity index (χ1v) is 5.45. The number of nitrogens with two attached hydrogens (primary N) is 1. The molecule has 5 nitrogen and oxygen atoms in total. The van der Waals surface area contributed by atoms with Crippen molar-refractivity contribution in [1.29, 1.82) is 0 Å². The third-order valence-corrected chi connectivity index (χ3v) is 2.74. The first kappa shape index (κ1) is 15.5. The van der Waals surface area contributed by atoms with Crippen LogP contribution in [0.15, 0.2) is 12.1 Å². The minimum Gasteiger partial charge on any atom is -0.496 e. The second kappa shape index (κ2) is 6.03. The highest BCUT2D eigenvalue weighted by Crippen LogP contribution is 2.40. The summed E-state index contributed by atoms with van der Waals surface area (Å²) in [5.41, 5.74) is 5.52. The van der Waals surface area contributed by atoms with Crippen LogP contribution in [0.1, 0.15) is 11.6 Å². The molecule has 1 aromatic carbocycles. The minimum absolute atomic E-state index is 0.0270. The van der Waals surface area contributed by atoms with E-state index >= 15 is 0 Å². The predicted octanol–water partition coefficient (Wildman–Crippen LogP) is 1.34. The van der Waals surface area contributed by atoms with Gasteiger partial charge in [-0.05, 0) is 6.07 Å². The molecule has 0 heterocycles. The van der Waals surface area contributed by atoms with Crippen LogP contribution in [0.25, 0.3) is 0 Å². The molecule has 0 aliphatic heterocycles. The van der Waals surface area contributed by atoms with Crippen molar-refractivity contribution in [2.75, 3.05) is 27.9 Å². The first-order valence-electron chi connectivity index (χ1n) is 5.45. The molecule has 7 heteroatoms. The van der Waals surface area contributed by atoms with Crippen molar-refractivity contribution in [3.05, 3.63) is 17.7 Å². The predicted molar refractivity (Wildman–Crippen MR) is 65.1 cm³/mol. The van der Waals surface area contributed by atoms with Gasteiger partial charge in [-0.2, -0.15) is 0 Å². The Hall–Kier alpha value is -1.60. The van der Waals surface area contributed by atoms with Crippen molar-refractivity contribution in [1.82, 2.24) is 0 Å². The van der Waals surface area contributed by atoms with Crippen LogP contribution in [0.4, 0.5) is 8.78 Å². The molecule has 0 saturated heterocycles. The van der Waals surface area contributed by atoms with Crippen molar-refractivity contribution < 1.29 is 28.1 Å². The minimum atomic E-state index is -3.47. The third-order valence-electron chi connectivity index (χ3n) is 2.74. The molecule has 0 aliphatic carbocycles. The van der Waals surface area contributed by atoms with Crippen molar-refractivity contribution in [3.8, 4) is 17.2 Å². The second-order valence-electron chi connectivity index (χ2n) is 3.85. The molecule has 0 spiro atoms. The van der Waals surface area contributed by atoms with Gasteiger partial charge >= 0.3 is 0 Å². The van der Waals surface area contributed by atoms with E-state index in [1.54, 1.807) is 0 Å². The molecule has 0 unspecified atom stereocenters. The normalized spacial score (nSPS) is 13.0. The quantitative estimate of drug-likeness (QED) is 0.821. The second-order valence-corrected chi connectivity index (χ2v) is 3.85. The molecule has 3 N–H and O–H groups in total. The highest BCUT2D eigenvalue weighted by Gasteiger charge is 2.39. The molecule has 0 amide bonds. The highest BCUT2D eigenvalue weighted by atomic mass is 19.3. The lowest BCUT2D eigenvalue weighted by Gasteiger charge is -2.24. The number of aliphatic hydroxyl groups is 1. The van der Waals surface area contributed by atoms with Crippen molar-refractivity contribution >= 4 is 0 Å². The van der Waals surface area contributed by atoms with Gasteiger partial charge in [-0.3, -0.25) is 0 Å². The van der Waals surface area contributed by atoms with Crippen molar-refractivity contribution in [2.45, 2.75) is 12.0 Å². The van der Waals surface area contributed by atoms with Gasteiger partial charge in [0.1, 0.15) is 18.4 Å². The fraction of sp³-hybridized carbons (Fsp3) is 0.500. The van der Waals surface area contributed by atoms with Gasteiger partial charge < -0.3 is 25.1 Å². The van der Waals surface area contributed by atoms with E-state index in [2.05, 4.69) is 0 Å². The van der Waals surface area contributed by atoms with Gasteiger partial charge in [-0.25, -0.2) is 8.78 Å². The Labute approximate surface area is 109 Å². The molecule has 0 saturated carbocycles. The van der Waals surface area contributed by atoms with Crippen LogP contribution >= 0.6 is 0 Å². The molecule has 1 atom stereocenters. The van der Waals surface area contributed by atoms with Gasteiger partial charge in [0.2, 0.25) is 0 Å². The Morgan fingerprint density at radius 2 is 1.58 bits per heavy atom. The molecule has 0 radical (unpaired) electrons. The number of halogens is 2. The summed E-state index contributed by atoms with van der Waals surface area (Å²) in [6.45, 7) is -1.36. The van der Waals surface area contributed by atoms with E-state index in [0.717, 1.165) is 0 Å². The summed E-state index contributed by atoms with van der Waals surface area (Å²) in [7, 11) is 4.12. The van der Waals surface area contributed by atoms with Crippen LogP contribution in [0, 0.1) is 0 Å². The number of hydrogen-bond acceptors (Lipinski definition) is 5. The van der Waals surface area contributed by atoms with Crippen LogP contribution in [-0.2, 0) is 0 Å². The summed E-state index contributed by atoms with van der Waals surface area (Å²) in [4.78, 5) is 0. The lowest BCUT2D eigenvalue weighted by atomic mass is 10.00. The maximum absolute atomic E-state index is 13.5. The lowest BCUT2D eigenvalue weighted by Crippen LogP contribution is -2.36. The van der Waals surface area contributed by atoms with E-state index in [-0.39, 0.29) is 17.1 Å². The smallest absolute Gasteiger partial charge is 0.289 e. The van der Waals surface area contributed by atoms with Crippen LogP contribution in [0.2, 0.25) is 0 Å². The number of ether oxygens (including phenoxy) is 3. The molecule has 19 heavy (non-hydrogen) atoms. The third kappa shape index (κ3) is 3.05. The largest absolute Gasteiger partial charge is 0.496 e. The molecule has 0 aromatic heterocycles. The zero-order valence-corrected chi connectivity index (χ0v) is 10.9. The molecular weight excluding hydrogens is 260 g/mol. The van der Waals surface area contributed by atoms with Crippen LogP contribution in [0.5, 0.6) is 17.2 Å². The van der Waals surface area contributed by atoms with Gasteiger partial charge in [-0.15, -0.1) is 0 Å². The Balaban J connectivity index is 3.33. The summed E-state index contributed by atoms with van der Waals surface area (Å²) in [6.07, 6.45) is 0. The van der Waals surface area contributed by atoms with Crippen molar-refractivity contribution in [2.24, 2.45) is 5.73 Å². The molecule has 0 aliphatic rings. The van der Waals surface area contributed by atoms with Crippen LogP contribution in [-0.4, -0.2) is 39.0 Å². The number of benzene rings is 1. The monoisotopic (exact) mass is 277 g/mol. The summed E-state index contributed by atoms with van der Waals surface area (Å²) in [6, 6.07) is 1.00. The molecule has 0 fully saturated rings. The van der Waals surface area contributed by atoms with Gasteiger partial charge in [-0.1, -0.05) is 0 Å². The van der Waals surface area contributed by atoms with Gasteiger partial charge in [0.05, 0.1) is 21.3 Å². The van der Waals surface area contributed by atoms with E-state index < -0.39 is 18.6 Å². The Morgan fingerprint density at radius 1 is 1.11 bits per heavy atom. The van der Waals surface area contributed by atoms with Gasteiger partial charge in [0.25, 0.3) is 5.92 Å². The number of methoxy groups -OCH3 is 3. The molecule has 0 bridgehead atoms. The van der Waals surface area contributed by atoms with E-state index in [1.807, 2.05) is 0 Å². The van der Waals surface area contributed by atoms with E-state index in [1.165, 1.54) is 33.5 Å². The first-order chi connectivity index (χ1) is 8.91. The Kier molecular flexibility index (Phi) is 4.90. The van der Waals surface area contributed by atoms with Crippen LogP contribution < -0.4 is 19.9 Å². The average molecular weight is 277 g/mol. The fourth-order valence-electron chi connectivity index (χ4n) is 1.62. The summed E-state index contributed by atoms with van der Waals surface area (Å²) < 4.78 is 42.0. The number of alkyl halides is 2. The maximum Gasteiger partial charge on any atom is 0.289 e. The zero-order valence-electron chi connectivity index (χ0n) is 10.9. The summed E-state index contributed by atoms with van der Waals surface area (Å²) in [5, 5.41) is 8.69. The number of hydrogen-bond donors (Lipinski definition) is 2. The standard InChI is InChI=1S/C12H17F2NO4/c1-17-8-5-10(19-3)9(18-2)4-7(8)11(15)12(13,14)6-16/h4-5,11,16H,6,15H2,1-3H3/t11-/m1/s1. The Bertz CT molecular complexity index is 440. The molecule has 108 valence electrons. The molecule has 1 aromatic rings. The summed E-state index contributed by atoms with van der Waals surface area (Å²) >= 11 is 0. The fourth-order valence-corrected chi connectivity index (χ4v) is 1.62. The van der Waals surface area contributed by atoms with E-state index in [9.17, 15) is 8.78 Å². The topological polar surface area (TPSA) is 73.9 Å². The van der Waals surface area contributed by atoms with Crippen molar-refractivity contribution in [3.63, 3.8) is 0 Å². The number of rotatable bonds is 6. The number of aliphatic hydroxyl groups excluding tert-OH is 1. The SMILES string of the molecule is COc1cc(OC)c([C@@H](N)C(F)(F)CO)cc1OC. The van der Waals surface area contributed by atoms with E-state index in [4.69, 9.17) is 25.1 Å². The van der Waals surface area contributed by atoms with E-state index in [0.29, 0.717) is 5.75 Å². The highest BCUT2D eigenvalue weighted by molar-refractivity contribution is 5.52. The molecule has 1 rings (SSSR count). The average Bonchev–Trinajstić information content (AvgIpc) is 2.44. The van der Waals surface area contributed by atoms with Gasteiger partial charge in [0.15, 0.2) is 11.5 Å². The summed E-state index contributed by atoms with van der Waals surface area (Å²) in [5.74, 6) is -2.74. The zero-order chi connectivity index (χ0) is 14.6. The van der Waals surface area contributed by atoms with Gasteiger partial charge in [0, 0.05) is 11.6 Å². The lowest BCUT2D eigenvalue weighted by molar-refractivity contribution is -0.0716. The maximum atomic E-state index is 13.5. The Morgan fingerprint density at radius 3 is 2.00 bits per heavy atom. The van der Waals surface area contributed by atoms with Crippen LogP contribution in [0.3, 0.4) is 0 Å².